The number of nitrogens with one attached hydrogen (secondary N) is 1. The number of amides is 1. The molecule has 2 aromatic rings. The van der Waals surface area contributed by atoms with Gasteiger partial charge in [0, 0.05) is 28.6 Å². The van der Waals surface area contributed by atoms with Gasteiger partial charge in [-0.25, -0.2) is 13.4 Å². The molecule has 0 saturated carbocycles. The van der Waals surface area contributed by atoms with E-state index in [1.807, 2.05) is 11.0 Å². The lowest BCUT2D eigenvalue weighted by molar-refractivity contribution is 0.102. The van der Waals surface area contributed by atoms with E-state index >= 15 is 0 Å². The molecule has 3 heterocycles. The van der Waals surface area contributed by atoms with Crippen molar-refractivity contribution in [2.45, 2.75) is 4.90 Å². The molecule has 1 aromatic heterocycles. The molecule has 23 heavy (non-hydrogen) atoms. The molecule has 0 saturated heterocycles. The molecule has 1 aromatic carbocycles. The summed E-state index contributed by atoms with van der Waals surface area (Å²) in [4.78, 5) is 18.9. The number of fused-ring (bicyclic) bond motifs is 3. The molecule has 0 fully saturated rings. The number of hydrogen-bond donors (Lipinski definition) is 1. The highest BCUT2D eigenvalue weighted by Gasteiger charge is 2.33. The molecular weight excluding hydrogens is 356 g/mol. The predicted octanol–water partition coefficient (Wildman–Crippen LogP) is 2.01. The van der Waals surface area contributed by atoms with Crippen LogP contribution in [0.15, 0.2) is 39.1 Å². The highest BCUT2D eigenvalue weighted by atomic mass is 32.2. The van der Waals surface area contributed by atoms with E-state index in [2.05, 4.69) is 14.7 Å². The van der Waals surface area contributed by atoms with Crippen LogP contribution in [0.25, 0.3) is 0 Å². The number of anilines is 2. The lowest BCUT2D eigenvalue weighted by Gasteiger charge is -2.22. The topological polar surface area (TPSA) is 91.7 Å². The molecule has 7 nitrogen and oxygen atoms in total. The van der Waals surface area contributed by atoms with Gasteiger partial charge >= 0.3 is 0 Å². The van der Waals surface area contributed by atoms with Gasteiger partial charge in [-0.1, -0.05) is 0 Å². The summed E-state index contributed by atoms with van der Waals surface area (Å²) in [5.74, 6) is -0.245. The molecule has 1 N–H and O–H groups in total. The van der Waals surface area contributed by atoms with Gasteiger partial charge in [-0.15, -0.1) is 15.7 Å². The van der Waals surface area contributed by atoms with Crippen LogP contribution in [-0.4, -0.2) is 36.8 Å². The Morgan fingerprint density at radius 1 is 1.35 bits per heavy atom. The van der Waals surface area contributed by atoms with E-state index < -0.39 is 10.0 Å². The zero-order valence-electron chi connectivity index (χ0n) is 11.6. The zero-order chi connectivity index (χ0) is 16.0. The molecule has 10 heteroatoms. The maximum absolute atomic E-state index is 12.2. The highest BCUT2D eigenvalue weighted by Crippen LogP contribution is 2.42. The largest absolute Gasteiger partial charge is 0.318 e. The Labute approximate surface area is 140 Å². The summed E-state index contributed by atoms with van der Waals surface area (Å²) in [5, 5.41) is 5.49. The first-order valence-corrected chi connectivity index (χ1v) is 9.95. The predicted molar refractivity (Wildman–Crippen MR) is 90.9 cm³/mol. The van der Waals surface area contributed by atoms with Gasteiger partial charge in [0.05, 0.1) is 11.4 Å². The molecule has 2 aliphatic heterocycles. The molecule has 0 unspecified atom stereocenters. The number of hydrogen-bond acceptors (Lipinski definition) is 7. The van der Waals surface area contributed by atoms with Crippen molar-refractivity contribution in [1.29, 1.82) is 0 Å². The van der Waals surface area contributed by atoms with Crippen LogP contribution in [-0.2, 0) is 10.0 Å². The van der Waals surface area contributed by atoms with Crippen LogP contribution in [0.1, 0.15) is 10.4 Å². The van der Waals surface area contributed by atoms with E-state index in [1.54, 1.807) is 23.7 Å². The molecule has 0 bridgehead atoms. The average molecular weight is 366 g/mol. The van der Waals surface area contributed by atoms with Gasteiger partial charge in [-0.3, -0.25) is 10.1 Å². The van der Waals surface area contributed by atoms with Crippen molar-refractivity contribution < 1.29 is 13.2 Å². The lowest BCUT2D eigenvalue weighted by atomic mass is 10.2. The van der Waals surface area contributed by atoms with Gasteiger partial charge in [0.2, 0.25) is 0 Å². The van der Waals surface area contributed by atoms with Gasteiger partial charge in [-0.05, 0) is 30.0 Å². The standard InChI is InChI=1S/C13H10N4O3S3/c18-11(15-12-14-3-5-21-12)8-1-2-9-10(7-8)22-13-16-23(19,20)6-4-17(9)13/h1-3,5,7H,4,6H2,(H,14,15,18). The van der Waals surface area contributed by atoms with Crippen molar-refractivity contribution >= 4 is 55.0 Å². The number of nitrogens with zero attached hydrogens (tertiary/aromatic N) is 3. The Bertz CT molecular complexity index is 922. The molecular formula is C13H10N4O3S3. The van der Waals surface area contributed by atoms with E-state index in [0.717, 1.165) is 10.6 Å². The molecule has 0 spiro atoms. The van der Waals surface area contributed by atoms with Crippen LogP contribution >= 0.6 is 23.1 Å². The van der Waals surface area contributed by atoms with Gasteiger partial charge in [0.25, 0.3) is 15.9 Å². The molecule has 0 radical (unpaired) electrons. The Hall–Kier alpha value is -1.91. The molecule has 118 valence electrons. The minimum absolute atomic E-state index is 0.00276. The monoisotopic (exact) mass is 366 g/mol. The summed E-state index contributed by atoms with van der Waals surface area (Å²) in [5.41, 5.74) is 1.38. The summed E-state index contributed by atoms with van der Waals surface area (Å²) >= 11 is 2.61. The van der Waals surface area contributed by atoms with Gasteiger partial charge in [0.15, 0.2) is 10.3 Å². The fraction of sp³-hybridized carbons (Fsp3) is 0.154. The Morgan fingerprint density at radius 2 is 2.22 bits per heavy atom. The smallest absolute Gasteiger partial charge is 0.257 e. The number of benzene rings is 1. The highest BCUT2D eigenvalue weighted by molar-refractivity contribution is 8.15. The lowest BCUT2D eigenvalue weighted by Crippen LogP contribution is -2.35. The third-order valence-electron chi connectivity index (χ3n) is 3.39. The number of aromatic nitrogens is 1. The fourth-order valence-corrected chi connectivity index (χ4v) is 5.15. The summed E-state index contributed by atoms with van der Waals surface area (Å²) in [6.45, 7) is 0.381. The Balaban J connectivity index is 1.63. The number of thiazole rings is 1. The minimum Gasteiger partial charge on any atom is -0.318 e. The van der Waals surface area contributed by atoms with Crippen LogP contribution in [0, 0.1) is 0 Å². The summed E-state index contributed by atoms with van der Waals surface area (Å²) in [6, 6.07) is 5.28. The maximum atomic E-state index is 12.2. The van der Waals surface area contributed by atoms with Crippen LogP contribution in [0.4, 0.5) is 10.8 Å². The average Bonchev–Trinajstić information content (AvgIpc) is 3.11. The van der Waals surface area contributed by atoms with Crippen LogP contribution in [0.5, 0.6) is 0 Å². The van der Waals surface area contributed by atoms with Crippen molar-refractivity contribution in [1.82, 2.24) is 4.98 Å². The Kier molecular flexibility index (Phi) is 3.39. The van der Waals surface area contributed by atoms with E-state index in [4.69, 9.17) is 0 Å². The van der Waals surface area contributed by atoms with E-state index in [1.165, 1.54) is 23.1 Å². The van der Waals surface area contributed by atoms with Crippen molar-refractivity contribution in [3.8, 4) is 0 Å². The summed E-state index contributed by atoms with van der Waals surface area (Å²) < 4.78 is 27.0. The van der Waals surface area contributed by atoms with Crippen molar-refractivity contribution in [3.63, 3.8) is 0 Å². The second-order valence-electron chi connectivity index (χ2n) is 4.89. The molecule has 4 rings (SSSR count). The van der Waals surface area contributed by atoms with Crippen molar-refractivity contribution in [2.24, 2.45) is 4.40 Å². The van der Waals surface area contributed by atoms with Crippen molar-refractivity contribution in [2.75, 3.05) is 22.5 Å². The second kappa shape index (κ2) is 5.32. The SMILES string of the molecule is O=C(Nc1nccs1)c1ccc2c(c1)SC1=NS(=O)(=O)CCN12. The number of sulfonamides is 1. The zero-order valence-corrected chi connectivity index (χ0v) is 14.0. The van der Waals surface area contributed by atoms with Crippen LogP contribution in [0.2, 0.25) is 0 Å². The van der Waals surface area contributed by atoms with Crippen LogP contribution in [0.3, 0.4) is 0 Å². The molecule has 2 aliphatic rings. The quantitative estimate of drug-likeness (QED) is 0.874. The first kappa shape index (κ1) is 14.7. The van der Waals surface area contributed by atoms with Gasteiger partial charge < -0.3 is 4.90 Å². The number of carbonyl (C=O) groups excluding carboxylic acids is 1. The number of amidine groups is 1. The third-order valence-corrected chi connectivity index (χ3v) is 6.38. The molecule has 0 aliphatic carbocycles. The fourth-order valence-electron chi connectivity index (χ4n) is 2.33. The number of carbonyl (C=O) groups is 1. The second-order valence-corrected chi connectivity index (χ2v) is 8.55. The van der Waals surface area contributed by atoms with E-state index in [-0.39, 0.29) is 11.7 Å². The van der Waals surface area contributed by atoms with Gasteiger partial charge in [-0.2, -0.15) is 0 Å². The summed E-state index contributed by atoms with van der Waals surface area (Å²) in [7, 11) is -3.38. The summed E-state index contributed by atoms with van der Waals surface area (Å²) in [6.07, 6.45) is 1.62. The molecule has 1 amide bonds. The number of thioether (sulfide) groups is 1. The molecule has 0 atom stereocenters. The number of rotatable bonds is 2. The van der Waals surface area contributed by atoms with E-state index in [0.29, 0.717) is 22.4 Å². The van der Waals surface area contributed by atoms with Crippen LogP contribution < -0.4 is 10.2 Å². The first-order chi connectivity index (χ1) is 11.0. The van der Waals surface area contributed by atoms with Gasteiger partial charge in [0.1, 0.15) is 0 Å². The minimum atomic E-state index is -3.38. The van der Waals surface area contributed by atoms with E-state index in [9.17, 15) is 13.2 Å². The Morgan fingerprint density at radius 3 is 3.00 bits per heavy atom. The normalized spacial score (nSPS) is 18.1. The van der Waals surface area contributed by atoms with Crippen molar-refractivity contribution in [3.05, 3.63) is 35.3 Å². The third kappa shape index (κ3) is 2.73. The first-order valence-electron chi connectivity index (χ1n) is 6.65. The maximum Gasteiger partial charge on any atom is 0.257 e.